The van der Waals surface area contributed by atoms with Crippen LogP contribution >= 0.6 is 0 Å². The molecule has 1 aliphatic rings. The van der Waals surface area contributed by atoms with Gasteiger partial charge in [-0.15, -0.1) is 0 Å². The molecule has 0 radical (unpaired) electrons. The number of esters is 2. The van der Waals surface area contributed by atoms with Gasteiger partial charge in [-0.3, -0.25) is 0 Å². The van der Waals surface area contributed by atoms with Gasteiger partial charge in [-0.25, -0.2) is 9.59 Å². The van der Waals surface area contributed by atoms with E-state index < -0.39 is 42.6 Å². The summed E-state index contributed by atoms with van der Waals surface area (Å²) in [5.41, 5.74) is 0.687. The van der Waals surface area contributed by atoms with Crippen LogP contribution in [0, 0.1) is 0 Å². The molecule has 0 saturated carbocycles. The lowest BCUT2D eigenvalue weighted by molar-refractivity contribution is -0.272. The van der Waals surface area contributed by atoms with Crippen LogP contribution in [-0.2, 0) is 14.2 Å². The van der Waals surface area contributed by atoms with E-state index in [1.54, 1.807) is 79.7 Å². The van der Waals surface area contributed by atoms with Crippen molar-refractivity contribution >= 4 is 11.9 Å². The number of benzene rings is 2. The summed E-state index contributed by atoms with van der Waals surface area (Å²) in [5, 5.41) is 20.6. The fraction of sp³-hybridized carbons (Fsp3) is 0.364. The van der Waals surface area contributed by atoms with E-state index in [0.717, 1.165) is 0 Å². The van der Waals surface area contributed by atoms with E-state index in [0.29, 0.717) is 11.1 Å². The van der Waals surface area contributed by atoms with Gasteiger partial charge in [-0.05, 0) is 38.4 Å². The molecule has 0 spiro atoms. The molecule has 1 saturated heterocycles. The normalized spacial score (nSPS) is 26.2. The lowest BCUT2D eigenvalue weighted by Gasteiger charge is -2.44. The highest BCUT2D eigenvalue weighted by atomic mass is 16.7. The van der Waals surface area contributed by atoms with Crippen molar-refractivity contribution in [2.24, 2.45) is 0 Å². The molecule has 30 heavy (non-hydrogen) atoms. The van der Waals surface area contributed by atoms with Crippen molar-refractivity contribution in [3.05, 3.63) is 71.8 Å². The smallest absolute Gasteiger partial charge is 0.338 e. The van der Waals surface area contributed by atoms with Gasteiger partial charge in [0.25, 0.3) is 0 Å². The number of rotatable bonds is 6. The molecule has 0 aliphatic carbocycles. The highest BCUT2D eigenvalue weighted by molar-refractivity contribution is 5.90. The molecule has 2 aromatic rings. The van der Waals surface area contributed by atoms with Gasteiger partial charge in [0.1, 0.15) is 24.9 Å². The Hall–Kier alpha value is -2.78. The summed E-state index contributed by atoms with van der Waals surface area (Å²) in [6.07, 6.45) is -4.81. The minimum absolute atomic E-state index is 0.269. The maximum atomic E-state index is 12.6. The number of carbonyl (C=O) groups excluding carboxylic acids is 2. The van der Waals surface area contributed by atoms with Gasteiger partial charge in [0.15, 0.2) is 6.29 Å². The largest absolute Gasteiger partial charge is 0.459 e. The first-order valence-electron chi connectivity index (χ1n) is 9.54. The van der Waals surface area contributed by atoms with Crippen molar-refractivity contribution in [3.8, 4) is 0 Å². The summed E-state index contributed by atoms with van der Waals surface area (Å²) in [7, 11) is 3.37. The van der Waals surface area contributed by atoms with Crippen LogP contribution in [0.3, 0.4) is 0 Å². The fourth-order valence-corrected chi connectivity index (χ4v) is 3.38. The molecule has 1 aliphatic heterocycles. The maximum Gasteiger partial charge on any atom is 0.338 e. The quantitative estimate of drug-likeness (QED) is 0.676. The summed E-state index contributed by atoms with van der Waals surface area (Å²) < 4.78 is 16.4. The van der Waals surface area contributed by atoms with Crippen LogP contribution in [0.4, 0.5) is 0 Å². The molecule has 8 heteroatoms. The maximum absolute atomic E-state index is 12.6. The predicted octanol–water partition coefficient (Wildman–Crippen LogP) is 1.08. The van der Waals surface area contributed by atoms with Crippen molar-refractivity contribution in [2.75, 3.05) is 20.7 Å². The second kappa shape index (κ2) is 9.82. The van der Waals surface area contributed by atoms with Crippen LogP contribution < -0.4 is 0 Å². The first kappa shape index (κ1) is 21.9. The number of likely N-dealkylation sites (N-methyl/N-ethyl adjacent to an activating group) is 1. The van der Waals surface area contributed by atoms with Crippen LogP contribution in [0.25, 0.3) is 0 Å². The molecule has 0 aromatic heterocycles. The van der Waals surface area contributed by atoms with Gasteiger partial charge in [0.05, 0.1) is 17.2 Å². The van der Waals surface area contributed by atoms with Gasteiger partial charge in [-0.2, -0.15) is 0 Å². The Morgan fingerprint density at radius 3 is 2.00 bits per heavy atom. The van der Waals surface area contributed by atoms with Crippen molar-refractivity contribution in [3.63, 3.8) is 0 Å². The van der Waals surface area contributed by atoms with E-state index in [2.05, 4.69) is 0 Å². The Morgan fingerprint density at radius 1 is 0.933 bits per heavy atom. The van der Waals surface area contributed by atoms with E-state index in [1.165, 1.54) is 0 Å². The third-order valence-electron chi connectivity index (χ3n) is 4.90. The monoisotopic (exact) mass is 415 g/mol. The molecular weight excluding hydrogens is 390 g/mol. The zero-order valence-corrected chi connectivity index (χ0v) is 16.8. The standard InChI is InChI=1S/C22H25NO7/c1-23(2)17-18(24)22(27)29-16(13-28-20(25)14-9-5-3-6-10-14)19(17)30-21(26)15-11-7-4-8-12-15/h3-12,16-19,22,24,27H,13H2,1-2H3/t16-,17?,18?,19?,22-/m1/s1. The van der Waals surface area contributed by atoms with E-state index in [-0.39, 0.29) is 6.61 Å². The number of hydrogen-bond donors (Lipinski definition) is 2. The number of nitrogens with zero attached hydrogens (tertiary/aromatic N) is 1. The van der Waals surface area contributed by atoms with Crippen LogP contribution in [0.15, 0.2) is 60.7 Å². The summed E-state index contributed by atoms with van der Waals surface area (Å²) in [6, 6.07) is 16.0. The molecule has 3 unspecified atom stereocenters. The molecule has 160 valence electrons. The Bertz CT molecular complexity index is 843. The van der Waals surface area contributed by atoms with Gasteiger partial charge in [0.2, 0.25) is 0 Å². The van der Waals surface area contributed by atoms with Crippen molar-refractivity contribution in [2.45, 2.75) is 30.6 Å². The highest BCUT2D eigenvalue weighted by Crippen LogP contribution is 2.27. The van der Waals surface area contributed by atoms with Crippen LogP contribution in [0.2, 0.25) is 0 Å². The van der Waals surface area contributed by atoms with Crippen LogP contribution in [-0.4, -0.2) is 78.4 Å². The van der Waals surface area contributed by atoms with Gasteiger partial charge in [-0.1, -0.05) is 36.4 Å². The minimum atomic E-state index is -1.52. The van der Waals surface area contributed by atoms with Crippen LogP contribution in [0.1, 0.15) is 20.7 Å². The topological polar surface area (TPSA) is 106 Å². The summed E-state index contributed by atoms with van der Waals surface area (Å²) in [6.45, 7) is -0.269. The first-order chi connectivity index (χ1) is 14.4. The van der Waals surface area contributed by atoms with Gasteiger partial charge in [0, 0.05) is 0 Å². The van der Waals surface area contributed by atoms with Crippen molar-refractivity contribution in [1.82, 2.24) is 4.90 Å². The minimum Gasteiger partial charge on any atom is -0.459 e. The third-order valence-corrected chi connectivity index (χ3v) is 4.90. The Kier molecular flexibility index (Phi) is 7.17. The lowest BCUT2D eigenvalue weighted by atomic mass is 9.95. The number of aliphatic hydroxyl groups is 2. The zero-order valence-electron chi connectivity index (χ0n) is 16.8. The second-order valence-corrected chi connectivity index (χ2v) is 7.21. The molecule has 3 rings (SSSR count). The molecule has 8 nitrogen and oxygen atoms in total. The molecule has 1 fully saturated rings. The Labute approximate surface area is 174 Å². The average Bonchev–Trinajstić information content (AvgIpc) is 2.75. The van der Waals surface area contributed by atoms with E-state index in [4.69, 9.17) is 14.2 Å². The summed E-state index contributed by atoms with van der Waals surface area (Å²) >= 11 is 0. The van der Waals surface area contributed by atoms with Crippen molar-refractivity contribution < 1.29 is 34.0 Å². The molecule has 2 N–H and O–H groups in total. The predicted molar refractivity (Wildman–Crippen MR) is 107 cm³/mol. The Morgan fingerprint density at radius 2 is 1.47 bits per heavy atom. The van der Waals surface area contributed by atoms with E-state index in [9.17, 15) is 19.8 Å². The summed E-state index contributed by atoms with van der Waals surface area (Å²) in [5.74, 6) is -1.19. The molecule has 1 heterocycles. The molecule has 0 bridgehead atoms. The Balaban J connectivity index is 1.78. The third kappa shape index (κ3) is 5.03. The van der Waals surface area contributed by atoms with E-state index >= 15 is 0 Å². The van der Waals surface area contributed by atoms with Gasteiger partial charge < -0.3 is 29.3 Å². The SMILES string of the molecule is CN(C)C1C(O)[C@H](O)O[C@H](COC(=O)c2ccccc2)C1OC(=O)c1ccccc1. The molecular formula is C22H25NO7. The average molecular weight is 415 g/mol. The number of aliphatic hydroxyl groups excluding tert-OH is 2. The molecule has 2 aromatic carbocycles. The summed E-state index contributed by atoms with van der Waals surface area (Å²) in [4.78, 5) is 26.5. The lowest BCUT2D eigenvalue weighted by Crippen LogP contribution is -2.64. The molecule has 5 atom stereocenters. The van der Waals surface area contributed by atoms with Crippen molar-refractivity contribution in [1.29, 1.82) is 0 Å². The first-order valence-corrected chi connectivity index (χ1v) is 9.54. The molecule has 0 amide bonds. The number of carbonyl (C=O) groups is 2. The second-order valence-electron chi connectivity index (χ2n) is 7.21. The van der Waals surface area contributed by atoms with Gasteiger partial charge >= 0.3 is 11.9 Å². The van der Waals surface area contributed by atoms with Crippen LogP contribution in [0.5, 0.6) is 0 Å². The number of hydrogen-bond acceptors (Lipinski definition) is 8. The van der Waals surface area contributed by atoms with E-state index in [1.807, 2.05) is 0 Å². The fourth-order valence-electron chi connectivity index (χ4n) is 3.38. The zero-order chi connectivity index (χ0) is 21.7. The highest BCUT2D eigenvalue weighted by Gasteiger charge is 2.48. The number of ether oxygens (including phenoxy) is 3.